The fourth-order valence-electron chi connectivity index (χ4n) is 7.26. The summed E-state index contributed by atoms with van der Waals surface area (Å²) in [5.41, 5.74) is 9.71. The first kappa shape index (κ1) is 26.7. The van der Waals surface area contributed by atoms with E-state index in [9.17, 15) is 0 Å². The number of aromatic nitrogens is 4. The first-order valence-corrected chi connectivity index (χ1v) is 16.3. The number of hydrogen-bond donors (Lipinski definition) is 0. The molecule has 0 amide bonds. The van der Waals surface area contributed by atoms with Gasteiger partial charge in [-0.05, 0) is 52.9 Å². The molecule has 0 aliphatic heterocycles. The molecule has 3 aromatic heterocycles. The zero-order chi connectivity index (χ0) is 31.6. The summed E-state index contributed by atoms with van der Waals surface area (Å²) in [6, 6.07) is 58.0. The van der Waals surface area contributed by atoms with Gasteiger partial charge in [-0.15, -0.1) is 0 Å². The molecule has 0 N–H and O–H groups in total. The molecular formula is C44H28N4. The summed E-state index contributed by atoms with van der Waals surface area (Å²) in [6.07, 6.45) is 2.16. The van der Waals surface area contributed by atoms with Crippen molar-refractivity contribution in [1.82, 2.24) is 19.1 Å². The van der Waals surface area contributed by atoms with Gasteiger partial charge < -0.3 is 4.57 Å². The highest BCUT2D eigenvalue weighted by molar-refractivity contribution is 6.20. The predicted molar refractivity (Wildman–Crippen MR) is 199 cm³/mol. The minimum atomic E-state index is 0.657. The van der Waals surface area contributed by atoms with Crippen molar-refractivity contribution in [1.29, 1.82) is 0 Å². The third kappa shape index (κ3) is 4.10. The van der Waals surface area contributed by atoms with Crippen molar-refractivity contribution >= 4 is 54.4 Å². The first-order chi connectivity index (χ1) is 23.8. The molecule has 0 unspecified atom stereocenters. The van der Waals surface area contributed by atoms with Gasteiger partial charge in [-0.25, -0.2) is 9.97 Å². The molecule has 0 saturated carbocycles. The lowest BCUT2D eigenvalue weighted by molar-refractivity contribution is 1.02. The number of nitrogens with zero attached hydrogens (tertiary/aromatic N) is 4. The summed E-state index contributed by atoms with van der Waals surface area (Å²) in [4.78, 5) is 10.7. The van der Waals surface area contributed by atoms with E-state index in [-0.39, 0.29) is 0 Å². The normalized spacial score (nSPS) is 11.8. The monoisotopic (exact) mass is 612 g/mol. The van der Waals surface area contributed by atoms with Crippen molar-refractivity contribution in [3.8, 4) is 34.0 Å². The summed E-state index contributed by atoms with van der Waals surface area (Å²) in [5, 5.41) is 6.94. The molecule has 0 saturated heterocycles. The van der Waals surface area contributed by atoms with Crippen LogP contribution in [0.2, 0.25) is 0 Å². The van der Waals surface area contributed by atoms with E-state index in [0.717, 1.165) is 44.4 Å². The van der Waals surface area contributed by atoms with Crippen molar-refractivity contribution in [2.45, 2.75) is 0 Å². The smallest absolute Gasteiger partial charge is 0.235 e. The van der Waals surface area contributed by atoms with E-state index in [1.165, 1.54) is 38.1 Å². The average Bonchev–Trinajstić information content (AvgIpc) is 3.73. The Morgan fingerprint density at radius 2 is 1.10 bits per heavy atom. The van der Waals surface area contributed by atoms with Gasteiger partial charge in [0.15, 0.2) is 0 Å². The second kappa shape index (κ2) is 10.5. The SMILES string of the molecule is c1ccc(-c2ccc(-c3nc(-n4c5cc6c(ccn6-c6ccccc6)cc5c5ccc6ccccc6c54)nc4ccccc34)cc2)cc1. The predicted octanol–water partition coefficient (Wildman–Crippen LogP) is 11.2. The van der Waals surface area contributed by atoms with Crippen LogP contribution in [-0.4, -0.2) is 19.1 Å². The Morgan fingerprint density at radius 1 is 0.417 bits per heavy atom. The minimum absolute atomic E-state index is 0.657. The second-order valence-corrected chi connectivity index (χ2v) is 12.3. The van der Waals surface area contributed by atoms with Crippen LogP contribution in [0.25, 0.3) is 88.4 Å². The van der Waals surface area contributed by atoms with Gasteiger partial charge in [0.25, 0.3) is 0 Å². The van der Waals surface area contributed by atoms with Gasteiger partial charge >= 0.3 is 0 Å². The van der Waals surface area contributed by atoms with Crippen molar-refractivity contribution < 1.29 is 0 Å². The molecular weight excluding hydrogens is 585 g/mol. The van der Waals surface area contributed by atoms with Gasteiger partial charge in [-0.3, -0.25) is 4.57 Å². The van der Waals surface area contributed by atoms with Gasteiger partial charge in [0, 0.05) is 44.4 Å². The lowest BCUT2D eigenvalue weighted by Crippen LogP contribution is -2.04. The third-order valence-electron chi connectivity index (χ3n) is 9.55. The van der Waals surface area contributed by atoms with Crippen LogP contribution in [0.5, 0.6) is 0 Å². The Labute approximate surface area is 276 Å². The van der Waals surface area contributed by atoms with Crippen LogP contribution in [0.3, 0.4) is 0 Å². The molecule has 0 aliphatic rings. The number of rotatable bonds is 4. The van der Waals surface area contributed by atoms with E-state index in [0.29, 0.717) is 5.95 Å². The first-order valence-electron chi connectivity index (χ1n) is 16.3. The zero-order valence-corrected chi connectivity index (χ0v) is 26.0. The third-order valence-corrected chi connectivity index (χ3v) is 9.55. The van der Waals surface area contributed by atoms with Gasteiger partial charge in [0.1, 0.15) is 0 Å². The van der Waals surface area contributed by atoms with Crippen LogP contribution in [0.1, 0.15) is 0 Å². The Morgan fingerprint density at radius 3 is 1.94 bits per heavy atom. The van der Waals surface area contributed by atoms with Gasteiger partial charge in [0.2, 0.25) is 5.95 Å². The average molecular weight is 613 g/mol. The van der Waals surface area contributed by atoms with E-state index in [1.807, 2.05) is 6.07 Å². The maximum atomic E-state index is 5.42. The molecule has 7 aromatic carbocycles. The van der Waals surface area contributed by atoms with Gasteiger partial charge in [0.05, 0.1) is 27.8 Å². The van der Waals surface area contributed by atoms with Crippen LogP contribution in [0.4, 0.5) is 0 Å². The van der Waals surface area contributed by atoms with E-state index < -0.39 is 0 Å². The van der Waals surface area contributed by atoms with Crippen LogP contribution in [-0.2, 0) is 0 Å². The topological polar surface area (TPSA) is 35.6 Å². The molecule has 0 spiro atoms. The molecule has 0 aliphatic carbocycles. The summed E-state index contributed by atoms with van der Waals surface area (Å²) in [5.74, 6) is 0.657. The maximum Gasteiger partial charge on any atom is 0.235 e. The Bertz CT molecular complexity index is 2810. The summed E-state index contributed by atoms with van der Waals surface area (Å²) in [6.45, 7) is 0. The quantitative estimate of drug-likeness (QED) is 0.198. The number of benzene rings is 7. The van der Waals surface area contributed by atoms with Crippen molar-refractivity contribution in [2.75, 3.05) is 0 Å². The standard InChI is InChI=1S/C44H28N4/c1-3-11-29(12-4-1)30-19-21-32(22-20-30)42-37-17-9-10-18-39(37)45-44(46-42)48-41-28-40-33(25-26-47(40)34-14-5-2-6-15-34)27-38(41)36-24-23-31-13-7-8-16-35(31)43(36)48/h1-28H. The van der Waals surface area contributed by atoms with E-state index >= 15 is 0 Å². The molecule has 4 heteroatoms. The van der Waals surface area contributed by atoms with Crippen molar-refractivity contribution in [3.63, 3.8) is 0 Å². The molecule has 10 rings (SSSR count). The molecule has 0 radical (unpaired) electrons. The minimum Gasteiger partial charge on any atom is -0.316 e. The highest BCUT2D eigenvalue weighted by atomic mass is 15.2. The molecule has 0 bridgehead atoms. The highest BCUT2D eigenvalue weighted by Crippen LogP contribution is 2.39. The van der Waals surface area contributed by atoms with Crippen molar-refractivity contribution in [3.05, 3.63) is 170 Å². The molecule has 224 valence electrons. The fourth-order valence-corrected chi connectivity index (χ4v) is 7.26. The summed E-state index contributed by atoms with van der Waals surface area (Å²) in [7, 11) is 0. The Hall–Kier alpha value is -6.52. The molecule has 48 heavy (non-hydrogen) atoms. The largest absolute Gasteiger partial charge is 0.316 e. The van der Waals surface area contributed by atoms with E-state index in [1.54, 1.807) is 0 Å². The molecule has 0 fully saturated rings. The highest BCUT2D eigenvalue weighted by Gasteiger charge is 2.20. The molecule has 0 atom stereocenters. The second-order valence-electron chi connectivity index (χ2n) is 12.3. The Kier molecular flexibility index (Phi) is 5.84. The number of hydrogen-bond acceptors (Lipinski definition) is 2. The Balaban J connectivity index is 1.28. The van der Waals surface area contributed by atoms with Crippen molar-refractivity contribution in [2.24, 2.45) is 0 Å². The van der Waals surface area contributed by atoms with Crippen LogP contribution >= 0.6 is 0 Å². The number of fused-ring (bicyclic) bond motifs is 7. The molecule has 4 nitrogen and oxygen atoms in total. The zero-order valence-electron chi connectivity index (χ0n) is 26.0. The van der Waals surface area contributed by atoms with Crippen LogP contribution in [0.15, 0.2) is 170 Å². The molecule has 10 aromatic rings. The molecule has 3 heterocycles. The summed E-state index contributed by atoms with van der Waals surface area (Å²) < 4.78 is 4.54. The maximum absolute atomic E-state index is 5.42. The lowest BCUT2D eigenvalue weighted by Gasteiger charge is -2.13. The van der Waals surface area contributed by atoms with E-state index in [2.05, 4.69) is 173 Å². The number of para-hydroxylation sites is 2. The van der Waals surface area contributed by atoms with Crippen LogP contribution in [0, 0.1) is 0 Å². The fraction of sp³-hybridized carbons (Fsp3) is 0. The van der Waals surface area contributed by atoms with Crippen LogP contribution < -0.4 is 0 Å². The van der Waals surface area contributed by atoms with Gasteiger partial charge in [-0.2, -0.15) is 0 Å². The van der Waals surface area contributed by atoms with E-state index in [4.69, 9.17) is 9.97 Å². The van der Waals surface area contributed by atoms with Gasteiger partial charge in [-0.1, -0.05) is 127 Å². The summed E-state index contributed by atoms with van der Waals surface area (Å²) >= 11 is 0. The lowest BCUT2D eigenvalue weighted by atomic mass is 10.0.